The Morgan fingerprint density at radius 1 is 1.21 bits per heavy atom. The van der Waals surface area contributed by atoms with Gasteiger partial charge in [0.25, 0.3) is 0 Å². The average molecular weight is 212 g/mol. The molecule has 2 nitrogen and oxygen atoms in total. The number of alkyl halides is 3. The molecular weight excluding hydrogens is 193 g/mol. The van der Waals surface area contributed by atoms with Gasteiger partial charge < -0.3 is 5.73 Å². The Bertz CT molecular complexity index is 139. The number of piperidine rings is 1. The van der Waals surface area contributed by atoms with Crippen LogP contribution in [-0.2, 0) is 0 Å². The standard InChI is InChI=1S/C7H13F3N2.C2H6/c8-7(9,10)5-12-3-1-6(11)2-4-12;1-2/h6H,1-5,11H2;1-2H3. The summed E-state index contributed by atoms with van der Waals surface area (Å²) < 4.78 is 35.6. The number of nitrogens with two attached hydrogens (primary N) is 1. The molecule has 1 fully saturated rings. The number of likely N-dealkylation sites (tertiary alicyclic amines) is 1. The van der Waals surface area contributed by atoms with Crippen molar-refractivity contribution in [2.45, 2.75) is 38.9 Å². The molecule has 1 aliphatic rings. The fourth-order valence-corrected chi connectivity index (χ4v) is 1.36. The average Bonchev–Trinajstić information content (AvgIpc) is 2.10. The molecule has 0 aromatic heterocycles. The lowest BCUT2D eigenvalue weighted by Gasteiger charge is -2.30. The summed E-state index contributed by atoms with van der Waals surface area (Å²) in [5.41, 5.74) is 5.55. The fraction of sp³-hybridized carbons (Fsp3) is 1.00. The van der Waals surface area contributed by atoms with Crippen LogP contribution in [0.5, 0.6) is 0 Å². The van der Waals surface area contributed by atoms with Gasteiger partial charge in [0.2, 0.25) is 0 Å². The summed E-state index contributed by atoms with van der Waals surface area (Å²) in [4.78, 5) is 1.41. The van der Waals surface area contributed by atoms with Gasteiger partial charge in [-0.25, -0.2) is 0 Å². The minimum atomic E-state index is -4.07. The summed E-state index contributed by atoms with van der Waals surface area (Å²) in [5.74, 6) is 0. The second kappa shape index (κ2) is 6.24. The number of hydrogen-bond acceptors (Lipinski definition) is 2. The second-order valence-corrected chi connectivity index (χ2v) is 3.23. The van der Waals surface area contributed by atoms with E-state index in [4.69, 9.17) is 5.73 Å². The van der Waals surface area contributed by atoms with E-state index in [0.717, 1.165) is 0 Å². The van der Waals surface area contributed by atoms with E-state index in [2.05, 4.69) is 0 Å². The van der Waals surface area contributed by atoms with Crippen molar-refractivity contribution in [3.8, 4) is 0 Å². The monoisotopic (exact) mass is 212 g/mol. The van der Waals surface area contributed by atoms with Crippen molar-refractivity contribution in [1.82, 2.24) is 4.90 Å². The second-order valence-electron chi connectivity index (χ2n) is 3.23. The molecule has 1 rings (SSSR count). The highest BCUT2D eigenvalue weighted by Crippen LogP contribution is 2.18. The van der Waals surface area contributed by atoms with Crippen LogP contribution in [0.2, 0.25) is 0 Å². The van der Waals surface area contributed by atoms with Gasteiger partial charge in [-0.3, -0.25) is 4.90 Å². The molecule has 1 heterocycles. The van der Waals surface area contributed by atoms with Crippen LogP contribution in [0, 0.1) is 0 Å². The molecule has 2 N–H and O–H groups in total. The van der Waals surface area contributed by atoms with Gasteiger partial charge in [0.15, 0.2) is 0 Å². The van der Waals surface area contributed by atoms with Crippen LogP contribution in [0.15, 0.2) is 0 Å². The molecule has 0 saturated carbocycles. The number of rotatable bonds is 1. The molecule has 0 atom stereocenters. The molecule has 0 unspecified atom stereocenters. The van der Waals surface area contributed by atoms with E-state index >= 15 is 0 Å². The smallest absolute Gasteiger partial charge is 0.328 e. The van der Waals surface area contributed by atoms with Crippen molar-refractivity contribution < 1.29 is 13.2 Å². The summed E-state index contributed by atoms with van der Waals surface area (Å²) in [5, 5.41) is 0. The summed E-state index contributed by atoms with van der Waals surface area (Å²) in [6.45, 7) is 4.15. The molecular formula is C9H19F3N2. The van der Waals surface area contributed by atoms with Crippen molar-refractivity contribution >= 4 is 0 Å². The highest BCUT2D eigenvalue weighted by Gasteiger charge is 2.31. The summed E-state index contributed by atoms with van der Waals surface area (Å²) in [6, 6.07) is 0.0921. The minimum absolute atomic E-state index is 0.0921. The van der Waals surface area contributed by atoms with Gasteiger partial charge in [-0.15, -0.1) is 0 Å². The van der Waals surface area contributed by atoms with E-state index in [-0.39, 0.29) is 6.04 Å². The summed E-state index contributed by atoms with van der Waals surface area (Å²) in [6.07, 6.45) is -2.71. The van der Waals surface area contributed by atoms with Gasteiger partial charge in [0.05, 0.1) is 6.54 Å². The zero-order valence-electron chi connectivity index (χ0n) is 8.77. The highest BCUT2D eigenvalue weighted by molar-refractivity contribution is 4.75. The van der Waals surface area contributed by atoms with E-state index in [1.807, 2.05) is 13.8 Å². The molecule has 0 radical (unpaired) electrons. The quantitative estimate of drug-likeness (QED) is 0.720. The molecule has 86 valence electrons. The first-order valence-corrected chi connectivity index (χ1v) is 5.02. The Labute approximate surface area is 83.3 Å². The van der Waals surface area contributed by atoms with Gasteiger partial charge in [-0.2, -0.15) is 13.2 Å². The Morgan fingerprint density at radius 3 is 2.00 bits per heavy atom. The Morgan fingerprint density at radius 2 is 1.64 bits per heavy atom. The Hall–Kier alpha value is -0.290. The summed E-state index contributed by atoms with van der Waals surface area (Å²) in [7, 11) is 0. The minimum Gasteiger partial charge on any atom is -0.328 e. The van der Waals surface area contributed by atoms with Gasteiger partial charge in [0, 0.05) is 6.04 Å². The Balaban J connectivity index is 0.000000791. The van der Waals surface area contributed by atoms with Crippen molar-refractivity contribution in [1.29, 1.82) is 0 Å². The third-order valence-corrected chi connectivity index (χ3v) is 2.04. The molecule has 5 heteroatoms. The maximum atomic E-state index is 11.9. The first kappa shape index (κ1) is 13.7. The van der Waals surface area contributed by atoms with Crippen molar-refractivity contribution in [2.75, 3.05) is 19.6 Å². The molecule has 0 aliphatic carbocycles. The van der Waals surface area contributed by atoms with Crippen LogP contribution in [0.3, 0.4) is 0 Å². The van der Waals surface area contributed by atoms with Gasteiger partial charge in [-0.1, -0.05) is 13.8 Å². The lowest BCUT2D eigenvalue weighted by Crippen LogP contribution is -2.43. The third-order valence-electron chi connectivity index (χ3n) is 2.04. The summed E-state index contributed by atoms with van der Waals surface area (Å²) >= 11 is 0. The first-order valence-electron chi connectivity index (χ1n) is 5.02. The zero-order valence-corrected chi connectivity index (χ0v) is 8.77. The molecule has 1 saturated heterocycles. The van der Waals surface area contributed by atoms with E-state index in [9.17, 15) is 13.2 Å². The van der Waals surface area contributed by atoms with Crippen LogP contribution in [-0.4, -0.2) is 36.8 Å². The van der Waals surface area contributed by atoms with E-state index < -0.39 is 12.7 Å². The molecule has 0 amide bonds. The number of halogens is 3. The lowest BCUT2D eigenvalue weighted by atomic mass is 10.1. The highest BCUT2D eigenvalue weighted by atomic mass is 19.4. The van der Waals surface area contributed by atoms with Gasteiger partial charge in [0.1, 0.15) is 0 Å². The molecule has 0 spiro atoms. The third kappa shape index (κ3) is 6.21. The van der Waals surface area contributed by atoms with E-state index in [0.29, 0.717) is 25.9 Å². The molecule has 0 aromatic carbocycles. The predicted molar refractivity (Wildman–Crippen MR) is 51.1 cm³/mol. The van der Waals surface area contributed by atoms with E-state index in [1.165, 1.54) is 4.90 Å². The fourth-order valence-electron chi connectivity index (χ4n) is 1.36. The van der Waals surface area contributed by atoms with Gasteiger partial charge >= 0.3 is 6.18 Å². The topological polar surface area (TPSA) is 29.3 Å². The Kier molecular flexibility index (Phi) is 6.11. The number of nitrogens with zero attached hydrogens (tertiary/aromatic N) is 1. The largest absolute Gasteiger partial charge is 0.401 e. The number of hydrogen-bond donors (Lipinski definition) is 1. The molecule has 14 heavy (non-hydrogen) atoms. The lowest BCUT2D eigenvalue weighted by molar-refractivity contribution is -0.147. The van der Waals surface area contributed by atoms with Crippen molar-refractivity contribution in [3.05, 3.63) is 0 Å². The van der Waals surface area contributed by atoms with E-state index in [1.54, 1.807) is 0 Å². The van der Waals surface area contributed by atoms with Crippen LogP contribution in [0.4, 0.5) is 13.2 Å². The van der Waals surface area contributed by atoms with Crippen LogP contribution in [0.1, 0.15) is 26.7 Å². The van der Waals surface area contributed by atoms with Crippen molar-refractivity contribution in [2.24, 2.45) is 5.73 Å². The maximum absolute atomic E-state index is 11.9. The molecule has 0 aromatic rings. The molecule has 0 bridgehead atoms. The normalized spacial score (nSPS) is 20.1. The van der Waals surface area contributed by atoms with Crippen LogP contribution < -0.4 is 5.73 Å². The van der Waals surface area contributed by atoms with Crippen molar-refractivity contribution in [3.63, 3.8) is 0 Å². The van der Waals surface area contributed by atoms with Crippen LogP contribution >= 0.6 is 0 Å². The SMILES string of the molecule is CC.NC1CCN(CC(F)(F)F)CC1. The van der Waals surface area contributed by atoms with Gasteiger partial charge in [-0.05, 0) is 25.9 Å². The molecule has 1 aliphatic heterocycles. The first-order chi connectivity index (χ1) is 6.47. The predicted octanol–water partition coefficient (Wildman–Crippen LogP) is 2.00. The zero-order chi connectivity index (χ0) is 11.2. The van der Waals surface area contributed by atoms with Crippen LogP contribution in [0.25, 0.3) is 0 Å². The maximum Gasteiger partial charge on any atom is 0.401 e.